The van der Waals surface area contributed by atoms with Crippen LogP contribution in [0.5, 0.6) is 0 Å². The Hall–Kier alpha value is -0.505. The van der Waals surface area contributed by atoms with E-state index >= 15 is 0 Å². The van der Waals surface area contributed by atoms with Crippen LogP contribution in [-0.2, 0) is 17.7 Å². The molecule has 2 nitrogen and oxygen atoms in total. The summed E-state index contributed by atoms with van der Waals surface area (Å²) in [6.07, 6.45) is 1.99. The highest BCUT2D eigenvalue weighted by Gasteiger charge is 2.28. The molecule has 1 aromatic rings. The average Bonchev–Trinajstić information content (AvgIpc) is 2.49. The molecule has 74 valence electrons. The molecule has 1 aliphatic heterocycles. The molecule has 0 amide bonds. The standard InChI is InChI=1S/C10H12BClO2/c1-2-3-7-4-9-8(5-10(7)12)6-14-11(9)13/h4-5,13H,2-3,6H2,1H3. The molecule has 1 aliphatic rings. The van der Waals surface area contributed by atoms with E-state index in [1.165, 1.54) is 0 Å². The van der Waals surface area contributed by atoms with E-state index in [1.807, 2.05) is 12.1 Å². The van der Waals surface area contributed by atoms with E-state index < -0.39 is 7.12 Å². The Labute approximate surface area is 89.0 Å². The lowest BCUT2D eigenvalue weighted by Gasteiger charge is -2.06. The van der Waals surface area contributed by atoms with Gasteiger partial charge in [0.05, 0.1) is 6.61 Å². The summed E-state index contributed by atoms with van der Waals surface area (Å²) in [6.45, 7) is 2.57. The summed E-state index contributed by atoms with van der Waals surface area (Å²) in [6, 6.07) is 3.86. The minimum absolute atomic E-state index is 0.461. The van der Waals surface area contributed by atoms with Crippen molar-refractivity contribution in [3.8, 4) is 0 Å². The second-order valence-corrected chi connectivity index (χ2v) is 3.96. The number of hydrogen-bond acceptors (Lipinski definition) is 2. The second kappa shape index (κ2) is 3.93. The van der Waals surface area contributed by atoms with E-state index in [0.717, 1.165) is 34.5 Å². The molecule has 0 aromatic heterocycles. The molecule has 1 aromatic carbocycles. The van der Waals surface area contributed by atoms with Gasteiger partial charge in [-0.15, -0.1) is 0 Å². The zero-order valence-electron chi connectivity index (χ0n) is 8.09. The first-order valence-corrected chi connectivity index (χ1v) is 5.21. The highest BCUT2D eigenvalue weighted by molar-refractivity contribution is 6.61. The van der Waals surface area contributed by atoms with Gasteiger partial charge in [0.1, 0.15) is 0 Å². The van der Waals surface area contributed by atoms with E-state index in [2.05, 4.69) is 6.92 Å². The first-order chi connectivity index (χ1) is 6.72. The van der Waals surface area contributed by atoms with Crippen molar-refractivity contribution in [2.24, 2.45) is 0 Å². The first kappa shape index (κ1) is 10.0. The van der Waals surface area contributed by atoms with E-state index in [4.69, 9.17) is 16.3 Å². The molecular formula is C10H12BClO2. The smallest absolute Gasteiger partial charge is 0.423 e. The zero-order chi connectivity index (χ0) is 10.1. The molecule has 0 aliphatic carbocycles. The van der Waals surface area contributed by atoms with Gasteiger partial charge in [0.2, 0.25) is 0 Å². The molecule has 1 heterocycles. The summed E-state index contributed by atoms with van der Waals surface area (Å²) in [5.74, 6) is 0. The predicted octanol–water partition coefficient (Wildman–Crippen LogP) is 1.51. The van der Waals surface area contributed by atoms with E-state index in [0.29, 0.717) is 6.61 Å². The Morgan fingerprint density at radius 3 is 3.07 bits per heavy atom. The van der Waals surface area contributed by atoms with Gasteiger partial charge >= 0.3 is 7.12 Å². The lowest BCUT2D eigenvalue weighted by molar-refractivity contribution is 0.275. The highest BCUT2D eigenvalue weighted by Crippen LogP contribution is 2.21. The molecule has 0 radical (unpaired) electrons. The second-order valence-electron chi connectivity index (χ2n) is 3.56. The SMILES string of the molecule is CCCc1cc2c(cc1Cl)COB2O. The van der Waals surface area contributed by atoms with Crippen molar-refractivity contribution in [2.45, 2.75) is 26.4 Å². The Morgan fingerprint density at radius 1 is 1.57 bits per heavy atom. The van der Waals surface area contributed by atoms with Crippen molar-refractivity contribution in [3.63, 3.8) is 0 Å². The molecule has 0 spiro atoms. The Morgan fingerprint density at radius 2 is 2.36 bits per heavy atom. The van der Waals surface area contributed by atoms with Gasteiger partial charge in [-0.25, -0.2) is 0 Å². The largest absolute Gasteiger partial charge is 0.491 e. The Kier molecular flexibility index (Phi) is 2.82. The minimum Gasteiger partial charge on any atom is -0.423 e. The summed E-state index contributed by atoms with van der Waals surface area (Å²) < 4.78 is 5.11. The molecule has 0 saturated carbocycles. The molecule has 1 N–H and O–H groups in total. The maximum Gasteiger partial charge on any atom is 0.491 e. The molecular weight excluding hydrogens is 198 g/mol. The fraction of sp³-hybridized carbons (Fsp3) is 0.400. The molecule has 0 bridgehead atoms. The zero-order valence-corrected chi connectivity index (χ0v) is 8.84. The normalized spacial score (nSPS) is 14.6. The van der Waals surface area contributed by atoms with E-state index in [1.54, 1.807) is 0 Å². The fourth-order valence-corrected chi connectivity index (χ4v) is 2.03. The van der Waals surface area contributed by atoms with Gasteiger partial charge in [0.25, 0.3) is 0 Å². The van der Waals surface area contributed by atoms with Crippen molar-refractivity contribution in [3.05, 3.63) is 28.3 Å². The number of halogens is 1. The number of rotatable bonds is 2. The Bertz CT molecular complexity index is 354. The van der Waals surface area contributed by atoms with Crippen LogP contribution in [0.1, 0.15) is 24.5 Å². The number of hydrogen-bond donors (Lipinski definition) is 1. The summed E-state index contributed by atoms with van der Waals surface area (Å²) in [5.41, 5.74) is 2.97. The highest BCUT2D eigenvalue weighted by atomic mass is 35.5. The number of aryl methyl sites for hydroxylation is 1. The summed E-state index contributed by atoms with van der Waals surface area (Å²) >= 11 is 6.10. The third-order valence-electron chi connectivity index (χ3n) is 2.49. The third-order valence-corrected chi connectivity index (χ3v) is 2.84. The molecule has 2 rings (SSSR count). The van der Waals surface area contributed by atoms with Gasteiger partial charge in [-0.3, -0.25) is 0 Å². The predicted molar refractivity (Wildman–Crippen MR) is 57.8 cm³/mol. The van der Waals surface area contributed by atoms with Crippen molar-refractivity contribution in [2.75, 3.05) is 0 Å². The lowest BCUT2D eigenvalue weighted by atomic mass is 9.78. The van der Waals surface area contributed by atoms with Crippen molar-refractivity contribution >= 4 is 24.2 Å². The maximum absolute atomic E-state index is 9.50. The van der Waals surface area contributed by atoms with Crippen LogP contribution in [0.25, 0.3) is 0 Å². The van der Waals surface area contributed by atoms with Gasteiger partial charge in [-0.1, -0.05) is 31.0 Å². The van der Waals surface area contributed by atoms with Crippen molar-refractivity contribution in [1.29, 1.82) is 0 Å². The van der Waals surface area contributed by atoms with Crippen molar-refractivity contribution in [1.82, 2.24) is 0 Å². The average molecular weight is 210 g/mol. The van der Waals surface area contributed by atoms with E-state index in [-0.39, 0.29) is 0 Å². The van der Waals surface area contributed by atoms with Gasteiger partial charge in [-0.2, -0.15) is 0 Å². The molecule has 0 unspecified atom stereocenters. The van der Waals surface area contributed by atoms with E-state index in [9.17, 15) is 5.02 Å². The number of fused-ring (bicyclic) bond motifs is 1. The van der Waals surface area contributed by atoms with Crippen molar-refractivity contribution < 1.29 is 9.68 Å². The molecule has 4 heteroatoms. The molecule has 14 heavy (non-hydrogen) atoms. The summed E-state index contributed by atoms with van der Waals surface area (Å²) in [5, 5.41) is 10.3. The van der Waals surface area contributed by atoms with Crippen LogP contribution in [0, 0.1) is 0 Å². The van der Waals surface area contributed by atoms with Gasteiger partial charge in [0, 0.05) is 5.02 Å². The fourth-order valence-electron chi connectivity index (χ4n) is 1.75. The van der Waals surface area contributed by atoms with Gasteiger partial charge in [0.15, 0.2) is 0 Å². The van der Waals surface area contributed by atoms with Crippen LogP contribution in [0.2, 0.25) is 5.02 Å². The first-order valence-electron chi connectivity index (χ1n) is 4.83. The van der Waals surface area contributed by atoms with Crippen LogP contribution in [-0.4, -0.2) is 12.1 Å². The van der Waals surface area contributed by atoms with Gasteiger partial charge in [-0.05, 0) is 29.1 Å². The van der Waals surface area contributed by atoms with Gasteiger partial charge < -0.3 is 9.68 Å². The van der Waals surface area contributed by atoms with Crippen LogP contribution in [0.3, 0.4) is 0 Å². The lowest BCUT2D eigenvalue weighted by Crippen LogP contribution is -2.28. The number of benzene rings is 1. The summed E-state index contributed by atoms with van der Waals surface area (Å²) in [4.78, 5) is 0. The monoisotopic (exact) mass is 210 g/mol. The summed E-state index contributed by atoms with van der Waals surface area (Å²) in [7, 11) is -0.766. The minimum atomic E-state index is -0.766. The maximum atomic E-state index is 9.50. The van der Waals surface area contributed by atoms with Crippen LogP contribution in [0.4, 0.5) is 0 Å². The molecule has 0 fully saturated rings. The quantitative estimate of drug-likeness (QED) is 0.750. The molecule has 0 atom stereocenters. The van der Waals surface area contributed by atoms with Crippen LogP contribution >= 0.6 is 11.6 Å². The van der Waals surface area contributed by atoms with Crippen LogP contribution in [0.15, 0.2) is 12.1 Å². The molecule has 0 saturated heterocycles. The Balaban J connectivity index is 2.41. The topological polar surface area (TPSA) is 29.5 Å². The third kappa shape index (κ3) is 1.67. The van der Waals surface area contributed by atoms with Crippen LogP contribution < -0.4 is 5.46 Å².